The Labute approximate surface area is 150 Å². The van der Waals surface area contributed by atoms with Crippen molar-refractivity contribution in [2.75, 3.05) is 13.6 Å². The molecule has 12 nitrogen and oxygen atoms in total. The van der Waals surface area contributed by atoms with Crippen LogP contribution in [0.4, 0.5) is 19.2 Å². The number of imide groups is 4. The van der Waals surface area contributed by atoms with Crippen LogP contribution in [0.1, 0.15) is 34.1 Å². The van der Waals surface area contributed by atoms with E-state index in [1.54, 1.807) is 0 Å². The second-order valence-corrected chi connectivity index (χ2v) is 5.85. The van der Waals surface area contributed by atoms with Gasteiger partial charge in [-0.05, 0) is 20.3 Å². The van der Waals surface area contributed by atoms with Crippen molar-refractivity contribution < 1.29 is 28.8 Å². The molecule has 0 fully saturated rings. The lowest BCUT2D eigenvalue weighted by atomic mass is 10.1. The zero-order valence-corrected chi connectivity index (χ0v) is 15.3. The second-order valence-electron chi connectivity index (χ2n) is 5.85. The number of nitrogens with zero attached hydrogens (tertiary/aromatic N) is 1. The van der Waals surface area contributed by atoms with Crippen molar-refractivity contribution in [2.24, 2.45) is 0 Å². The van der Waals surface area contributed by atoms with Gasteiger partial charge < -0.3 is 10.2 Å². The summed E-state index contributed by atoms with van der Waals surface area (Å²) in [7, 11) is 1.48. The highest BCUT2D eigenvalue weighted by atomic mass is 16.2. The monoisotopic (exact) mass is 372 g/mol. The van der Waals surface area contributed by atoms with E-state index in [1.807, 2.05) is 28.2 Å². The Kier molecular flexibility index (Phi) is 8.74. The molecule has 0 rings (SSSR count). The molecule has 0 unspecified atom stereocenters. The quantitative estimate of drug-likeness (QED) is 0.450. The number of carbonyl (C=O) groups excluding carboxylic acids is 6. The van der Waals surface area contributed by atoms with Crippen molar-refractivity contribution >= 4 is 35.9 Å². The van der Waals surface area contributed by atoms with E-state index < -0.39 is 41.5 Å². The molecule has 0 bridgehead atoms. The van der Waals surface area contributed by atoms with Gasteiger partial charge in [-0.15, -0.1) is 0 Å². The van der Waals surface area contributed by atoms with Gasteiger partial charge in [0.2, 0.25) is 5.91 Å². The Morgan fingerprint density at radius 1 is 0.846 bits per heavy atom. The van der Waals surface area contributed by atoms with Crippen molar-refractivity contribution in [2.45, 2.75) is 39.7 Å². The van der Waals surface area contributed by atoms with Crippen LogP contribution in [0.5, 0.6) is 0 Å². The fraction of sp³-hybridized carbons (Fsp3) is 0.571. The molecule has 5 N–H and O–H groups in total. The van der Waals surface area contributed by atoms with Crippen LogP contribution >= 0.6 is 0 Å². The third kappa shape index (κ3) is 8.61. The lowest BCUT2D eigenvalue weighted by molar-refractivity contribution is -0.125. The first-order valence-corrected chi connectivity index (χ1v) is 7.67. The maximum absolute atomic E-state index is 11.9. The Morgan fingerprint density at radius 3 is 1.88 bits per heavy atom. The van der Waals surface area contributed by atoms with E-state index in [-0.39, 0.29) is 0 Å². The van der Waals surface area contributed by atoms with Crippen LogP contribution in [0.25, 0.3) is 0 Å². The van der Waals surface area contributed by atoms with Crippen molar-refractivity contribution in [3.05, 3.63) is 0 Å². The first kappa shape index (κ1) is 22.8. The predicted octanol–water partition coefficient (Wildman–Crippen LogP) is -0.392. The van der Waals surface area contributed by atoms with Crippen molar-refractivity contribution in [1.82, 2.24) is 31.5 Å². The minimum Gasteiger partial charge on any atom is -0.327 e. The van der Waals surface area contributed by atoms with Crippen LogP contribution in [-0.2, 0) is 9.59 Å². The van der Waals surface area contributed by atoms with Gasteiger partial charge in [0.25, 0.3) is 5.91 Å². The lowest BCUT2D eigenvalue weighted by Crippen LogP contribution is -2.60. The maximum atomic E-state index is 11.9. The molecule has 10 amide bonds. The van der Waals surface area contributed by atoms with Gasteiger partial charge in [-0.2, -0.15) is 0 Å². The number of carbonyl (C=O) groups is 6. The van der Waals surface area contributed by atoms with Gasteiger partial charge in [0.05, 0.1) is 0 Å². The highest BCUT2D eigenvalue weighted by Gasteiger charge is 2.31. The van der Waals surface area contributed by atoms with Crippen molar-refractivity contribution in [1.29, 1.82) is 0 Å². The number of amides is 10. The second kappa shape index (κ2) is 9.96. The van der Waals surface area contributed by atoms with Crippen LogP contribution in [0.15, 0.2) is 0 Å². The average Bonchev–Trinajstić information content (AvgIpc) is 2.45. The van der Waals surface area contributed by atoms with E-state index >= 15 is 0 Å². The molecule has 0 aromatic carbocycles. The summed E-state index contributed by atoms with van der Waals surface area (Å²) in [6, 6.07) is -3.91. The van der Waals surface area contributed by atoms with E-state index in [0.717, 1.165) is 6.92 Å². The molecule has 0 aliphatic carbocycles. The fourth-order valence-corrected chi connectivity index (χ4v) is 1.59. The summed E-state index contributed by atoms with van der Waals surface area (Å²) in [6.45, 7) is 5.88. The van der Waals surface area contributed by atoms with Gasteiger partial charge in [-0.25, -0.2) is 19.2 Å². The standard InChI is InChI=1S/C14H24N6O6/c1-6-7-20(5)13(26)18-11(24)17-12(25)19-14(3,4)9(22)16-10(23)15-8(2)21/h6-7H2,1-5H3,(H2,15,16,21,22,23)(H3,17,18,19,24,25,26). The minimum absolute atomic E-state index is 0.417. The number of rotatable bonds is 4. The Hall–Kier alpha value is -3.18. The number of hydrogen-bond acceptors (Lipinski definition) is 6. The third-order valence-electron chi connectivity index (χ3n) is 2.86. The van der Waals surface area contributed by atoms with Crippen molar-refractivity contribution in [3.63, 3.8) is 0 Å². The van der Waals surface area contributed by atoms with Gasteiger partial charge in [0, 0.05) is 20.5 Å². The minimum atomic E-state index is -1.60. The molecule has 0 saturated carbocycles. The lowest BCUT2D eigenvalue weighted by Gasteiger charge is -2.24. The molecule has 0 aromatic rings. The molecule has 0 aromatic heterocycles. The molecule has 0 aliphatic heterocycles. The summed E-state index contributed by atoms with van der Waals surface area (Å²) in [5, 5.41) is 9.61. The highest BCUT2D eigenvalue weighted by Crippen LogP contribution is 2.01. The molecule has 12 heteroatoms. The summed E-state index contributed by atoms with van der Waals surface area (Å²) in [6.07, 6.45) is 0.687. The predicted molar refractivity (Wildman–Crippen MR) is 90.0 cm³/mol. The zero-order chi connectivity index (χ0) is 20.5. The van der Waals surface area contributed by atoms with Gasteiger partial charge in [-0.3, -0.25) is 30.9 Å². The van der Waals surface area contributed by atoms with Crippen LogP contribution in [0.2, 0.25) is 0 Å². The smallest absolute Gasteiger partial charge is 0.327 e. The van der Waals surface area contributed by atoms with E-state index in [0.29, 0.717) is 13.0 Å². The Bertz CT molecular complexity index is 603. The molecule has 0 heterocycles. The molecular weight excluding hydrogens is 348 g/mol. The first-order chi connectivity index (χ1) is 11.9. The largest absolute Gasteiger partial charge is 0.330 e. The summed E-state index contributed by atoms with van der Waals surface area (Å²) in [5.74, 6) is -1.60. The van der Waals surface area contributed by atoms with Crippen LogP contribution in [0.3, 0.4) is 0 Å². The van der Waals surface area contributed by atoms with Gasteiger partial charge in [-0.1, -0.05) is 6.92 Å². The normalized spacial score (nSPS) is 10.2. The number of nitrogens with one attached hydrogen (secondary N) is 5. The molecule has 0 radical (unpaired) electrons. The summed E-state index contributed by atoms with van der Waals surface area (Å²) < 4.78 is 0. The molecule has 0 spiro atoms. The van der Waals surface area contributed by atoms with Crippen LogP contribution in [-0.4, -0.2) is 60.0 Å². The van der Waals surface area contributed by atoms with Gasteiger partial charge >= 0.3 is 24.1 Å². The topological polar surface area (TPSA) is 166 Å². The number of urea groups is 4. The van der Waals surface area contributed by atoms with E-state index in [2.05, 4.69) is 5.32 Å². The first-order valence-electron chi connectivity index (χ1n) is 7.67. The summed E-state index contributed by atoms with van der Waals surface area (Å²) in [5.41, 5.74) is -1.60. The molecule has 0 atom stereocenters. The molecule has 146 valence electrons. The zero-order valence-electron chi connectivity index (χ0n) is 15.3. The molecule has 0 aliphatic rings. The Morgan fingerprint density at radius 2 is 1.38 bits per heavy atom. The van der Waals surface area contributed by atoms with E-state index in [9.17, 15) is 28.8 Å². The fourth-order valence-electron chi connectivity index (χ4n) is 1.59. The van der Waals surface area contributed by atoms with Gasteiger partial charge in [0.15, 0.2) is 0 Å². The summed E-state index contributed by atoms with van der Waals surface area (Å²) in [4.78, 5) is 70.2. The molecular formula is C14H24N6O6. The maximum Gasteiger partial charge on any atom is 0.330 e. The highest BCUT2D eigenvalue weighted by molar-refractivity contribution is 6.06. The Balaban J connectivity index is 4.57. The van der Waals surface area contributed by atoms with Crippen molar-refractivity contribution in [3.8, 4) is 0 Å². The third-order valence-corrected chi connectivity index (χ3v) is 2.86. The molecule has 26 heavy (non-hydrogen) atoms. The van der Waals surface area contributed by atoms with E-state index in [4.69, 9.17) is 0 Å². The van der Waals surface area contributed by atoms with Crippen LogP contribution < -0.4 is 26.6 Å². The molecule has 0 saturated heterocycles. The summed E-state index contributed by atoms with van der Waals surface area (Å²) >= 11 is 0. The number of hydrogen-bond donors (Lipinski definition) is 5. The van der Waals surface area contributed by atoms with E-state index in [1.165, 1.54) is 25.8 Å². The average molecular weight is 372 g/mol. The van der Waals surface area contributed by atoms with Crippen LogP contribution in [0, 0.1) is 0 Å². The SMILES string of the molecule is CCCN(C)C(=O)NC(=O)NC(=O)NC(C)(C)C(=O)NC(=O)NC(C)=O. The van der Waals surface area contributed by atoms with Gasteiger partial charge in [0.1, 0.15) is 5.54 Å².